The van der Waals surface area contributed by atoms with Crippen molar-refractivity contribution in [1.82, 2.24) is 5.06 Å². The molecule has 2 atom stereocenters. The van der Waals surface area contributed by atoms with Gasteiger partial charge in [-0.15, -0.1) is 0 Å². The Labute approximate surface area is 79.0 Å². The Bertz CT molecular complexity index is 184. The molecule has 1 heterocycles. The summed E-state index contributed by atoms with van der Waals surface area (Å²) in [5.74, 6) is 0.395. The summed E-state index contributed by atoms with van der Waals surface area (Å²) in [6.45, 7) is 5.24. The molecule has 0 aliphatic carbocycles. The summed E-state index contributed by atoms with van der Waals surface area (Å²) in [5, 5.41) is 1.46. The summed E-state index contributed by atoms with van der Waals surface area (Å²) in [5.41, 5.74) is 5.47. The van der Waals surface area contributed by atoms with Gasteiger partial charge in [-0.05, 0) is 18.9 Å². The van der Waals surface area contributed by atoms with Crippen LogP contribution in [-0.2, 0) is 9.63 Å². The maximum atomic E-state index is 11.4. The van der Waals surface area contributed by atoms with Gasteiger partial charge in [-0.2, -0.15) is 0 Å². The van der Waals surface area contributed by atoms with Crippen LogP contribution in [0.1, 0.15) is 26.7 Å². The van der Waals surface area contributed by atoms with Gasteiger partial charge in [0.25, 0.3) is 0 Å². The van der Waals surface area contributed by atoms with E-state index in [-0.39, 0.29) is 12.0 Å². The van der Waals surface area contributed by atoms with Crippen LogP contribution in [0, 0.1) is 5.92 Å². The van der Waals surface area contributed by atoms with Crippen LogP contribution >= 0.6 is 0 Å². The Kier molecular flexibility index (Phi) is 3.69. The van der Waals surface area contributed by atoms with Gasteiger partial charge >= 0.3 is 0 Å². The van der Waals surface area contributed by atoms with Crippen molar-refractivity contribution < 1.29 is 9.63 Å². The fourth-order valence-electron chi connectivity index (χ4n) is 1.29. The molecule has 2 N–H and O–H groups in total. The third-order valence-corrected chi connectivity index (χ3v) is 2.29. The van der Waals surface area contributed by atoms with Gasteiger partial charge in [-0.1, -0.05) is 13.8 Å². The lowest BCUT2D eigenvalue weighted by Gasteiger charge is -2.19. The maximum Gasteiger partial charge on any atom is 0.248 e. The fraction of sp³-hybridized carbons (Fsp3) is 0.889. The minimum absolute atomic E-state index is 0.0810. The second kappa shape index (κ2) is 4.58. The zero-order valence-corrected chi connectivity index (χ0v) is 8.32. The lowest BCUT2D eigenvalue weighted by atomic mass is 10.2. The van der Waals surface area contributed by atoms with Gasteiger partial charge in [-0.3, -0.25) is 9.63 Å². The smallest absolute Gasteiger partial charge is 0.248 e. The van der Waals surface area contributed by atoms with Gasteiger partial charge in [0, 0.05) is 0 Å². The van der Waals surface area contributed by atoms with E-state index in [1.54, 1.807) is 0 Å². The van der Waals surface area contributed by atoms with Crippen molar-refractivity contribution in [2.45, 2.75) is 32.8 Å². The van der Waals surface area contributed by atoms with Crippen LogP contribution in [0.4, 0.5) is 0 Å². The summed E-state index contributed by atoms with van der Waals surface area (Å²) in [4.78, 5) is 16.8. The molecule has 1 amide bonds. The predicted octanol–water partition coefficient (Wildman–Crippen LogP) is 0.524. The lowest BCUT2D eigenvalue weighted by molar-refractivity contribution is -0.176. The number of nitrogens with two attached hydrogens (primary N) is 1. The molecule has 1 aliphatic heterocycles. The molecule has 1 aliphatic rings. The van der Waals surface area contributed by atoms with Crippen molar-refractivity contribution in [2.75, 3.05) is 13.1 Å². The molecule has 4 heteroatoms. The minimum Gasteiger partial charge on any atom is -0.330 e. The van der Waals surface area contributed by atoms with E-state index < -0.39 is 0 Å². The van der Waals surface area contributed by atoms with Crippen LogP contribution in [0.3, 0.4) is 0 Å². The Morgan fingerprint density at radius 2 is 2.46 bits per heavy atom. The largest absolute Gasteiger partial charge is 0.330 e. The second-order valence-electron chi connectivity index (χ2n) is 3.64. The highest BCUT2D eigenvalue weighted by atomic mass is 16.7. The SMILES string of the molecule is CCC1CC(=O)N(CC(C)CN)O1. The van der Waals surface area contributed by atoms with E-state index in [4.69, 9.17) is 10.6 Å². The van der Waals surface area contributed by atoms with Gasteiger partial charge in [0.1, 0.15) is 0 Å². The number of rotatable bonds is 4. The zero-order chi connectivity index (χ0) is 9.84. The van der Waals surface area contributed by atoms with Gasteiger partial charge in [0.05, 0.1) is 19.1 Å². The highest BCUT2D eigenvalue weighted by Gasteiger charge is 2.30. The highest BCUT2D eigenvalue weighted by Crippen LogP contribution is 2.18. The van der Waals surface area contributed by atoms with Crippen LogP contribution in [0.15, 0.2) is 0 Å². The van der Waals surface area contributed by atoms with Crippen LogP contribution in [0.5, 0.6) is 0 Å². The molecule has 13 heavy (non-hydrogen) atoms. The molecule has 4 nitrogen and oxygen atoms in total. The van der Waals surface area contributed by atoms with Crippen LogP contribution in [0.25, 0.3) is 0 Å². The van der Waals surface area contributed by atoms with E-state index in [0.717, 1.165) is 6.42 Å². The molecule has 0 radical (unpaired) electrons. The van der Waals surface area contributed by atoms with E-state index in [1.165, 1.54) is 5.06 Å². The van der Waals surface area contributed by atoms with E-state index in [2.05, 4.69) is 0 Å². The Morgan fingerprint density at radius 1 is 1.77 bits per heavy atom. The van der Waals surface area contributed by atoms with E-state index in [1.807, 2.05) is 13.8 Å². The molecule has 0 bridgehead atoms. The number of amides is 1. The number of carbonyl (C=O) groups excluding carboxylic acids is 1. The summed E-state index contributed by atoms with van der Waals surface area (Å²) < 4.78 is 0. The third-order valence-electron chi connectivity index (χ3n) is 2.29. The highest BCUT2D eigenvalue weighted by molar-refractivity contribution is 5.77. The molecular weight excluding hydrogens is 168 g/mol. The molecule has 1 fully saturated rings. The first-order valence-electron chi connectivity index (χ1n) is 4.84. The molecule has 76 valence electrons. The Morgan fingerprint density at radius 3 is 2.92 bits per heavy atom. The first kappa shape index (κ1) is 10.5. The normalized spacial score (nSPS) is 25.3. The van der Waals surface area contributed by atoms with E-state index >= 15 is 0 Å². The fourth-order valence-corrected chi connectivity index (χ4v) is 1.29. The minimum atomic E-state index is 0.0810. The van der Waals surface area contributed by atoms with Crippen molar-refractivity contribution >= 4 is 5.91 Å². The number of hydroxylamine groups is 2. The molecule has 0 spiro atoms. The van der Waals surface area contributed by atoms with Crippen molar-refractivity contribution in [2.24, 2.45) is 11.7 Å². The average Bonchev–Trinajstić information content (AvgIpc) is 2.47. The van der Waals surface area contributed by atoms with Crippen LogP contribution in [0.2, 0.25) is 0 Å². The first-order chi connectivity index (χ1) is 6.17. The number of nitrogens with zero attached hydrogens (tertiary/aromatic N) is 1. The van der Waals surface area contributed by atoms with Gasteiger partial charge < -0.3 is 5.73 Å². The lowest BCUT2D eigenvalue weighted by Crippen LogP contribution is -2.31. The Hall–Kier alpha value is -0.610. The first-order valence-corrected chi connectivity index (χ1v) is 4.84. The van der Waals surface area contributed by atoms with Crippen molar-refractivity contribution in [3.8, 4) is 0 Å². The third kappa shape index (κ3) is 2.67. The number of hydrogen-bond donors (Lipinski definition) is 1. The average molecular weight is 186 g/mol. The van der Waals surface area contributed by atoms with E-state index in [9.17, 15) is 4.79 Å². The summed E-state index contributed by atoms with van der Waals surface area (Å²) in [6.07, 6.45) is 1.49. The zero-order valence-electron chi connectivity index (χ0n) is 8.32. The number of carbonyl (C=O) groups is 1. The second-order valence-corrected chi connectivity index (χ2v) is 3.64. The van der Waals surface area contributed by atoms with Gasteiger partial charge in [-0.25, -0.2) is 5.06 Å². The predicted molar refractivity (Wildman–Crippen MR) is 49.7 cm³/mol. The number of hydrogen-bond acceptors (Lipinski definition) is 3. The summed E-state index contributed by atoms with van der Waals surface area (Å²) in [6, 6.07) is 0. The van der Waals surface area contributed by atoms with Crippen molar-refractivity contribution in [1.29, 1.82) is 0 Å². The van der Waals surface area contributed by atoms with Crippen LogP contribution in [-0.4, -0.2) is 30.2 Å². The molecule has 1 saturated heterocycles. The maximum absolute atomic E-state index is 11.4. The molecule has 1 rings (SSSR count). The topological polar surface area (TPSA) is 55.6 Å². The van der Waals surface area contributed by atoms with Gasteiger partial charge in [0.2, 0.25) is 5.91 Å². The molecule has 0 aromatic rings. The summed E-state index contributed by atoms with van der Waals surface area (Å²) in [7, 11) is 0. The summed E-state index contributed by atoms with van der Waals surface area (Å²) >= 11 is 0. The molecule has 0 saturated carbocycles. The molecular formula is C9H18N2O2. The quantitative estimate of drug-likeness (QED) is 0.696. The standard InChI is InChI=1S/C9H18N2O2/c1-3-8-4-9(12)11(13-8)6-7(2)5-10/h7-8H,3-6,10H2,1-2H3. The van der Waals surface area contributed by atoms with Crippen LogP contribution < -0.4 is 5.73 Å². The van der Waals surface area contributed by atoms with Gasteiger partial charge in [0.15, 0.2) is 0 Å². The van der Waals surface area contributed by atoms with E-state index in [0.29, 0.717) is 25.4 Å². The molecule has 0 aromatic heterocycles. The van der Waals surface area contributed by atoms with Crippen molar-refractivity contribution in [3.05, 3.63) is 0 Å². The molecule has 0 aromatic carbocycles. The molecule has 2 unspecified atom stereocenters. The monoisotopic (exact) mass is 186 g/mol. The Balaban J connectivity index is 2.39. The van der Waals surface area contributed by atoms with Crippen molar-refractivity contribution in [3.63, 3.8) is 0 Å².